The second-order valence-electron chi connectivity index (χ2n) is 6.14. The van der Waals surface area contributed by atoms with Gasteiger partial charge in [0, 0.05) is 49.6 Å². The van der Waals surface area contributed by atoms with E-state index in [-0.39, 0.29) is 10.6 Å². The van der Waals surface area contributed by atoms with Gasteiger partial charge >= 0.3 is 0 Å². The van der Waals surface area contributed by atoms with Crippen LogP contribution in [0.3, 0.4) is 0 Å². The van der Waals surface area contributed by atoms with Gasteiger partial charge in [-0.15, -0.1) is 0 Å². The number of nitro groups is 1. The van der Waals surface area contributed by atoms with Crippen LogP contribution in [0.2, 0.25) is 0 Å². The second kappa shape index (κ2) is 6.12. The summed E-state index contributed by atoms with van der Waals surface area (Å²) in [6.45, 7) is 9.72. The van der Waals surface area contributed by atoms with E-state index in [4.69, 9.17) is 0 Å². The molecule has 122 valence electrons. The number of hydrogen-bond donors (Lipinski definition) is 0. The smallest absolute Gasteiger partial charge is 0.269 e. The molecule has 2 heterocycles. The molecule has 6 nitrogen and oxygen atoms in total. The van der Waals surface area contributed by atoms with Crippen LogP contribution >= 0.6 is 0 Å². The third kappa shape index (κ3) is 2.99. The Bertz CT molecular complexity index is 751. The van der Waals surface area contributed by atoms with Crippen molar-refractivity contribution < 1.29 is 4.92 Å². The van der Waals surface area contributed by atoms with Crippen LogP contribution in [0.4, 0.5) is 5.69 Å². The SMILES string of the molecule is CCn1nc(C)c(CN2CCc3ccc([N+](=O)[O-])cc3C2)c1C. The summed E-state index contributed by atoms with van der Waals surface area (Å²) in [4.78, 5) is 13.0. The Morgan fingerprint density at radius 3 is 2.74 bits per heavy atom. The molecule has 0 amide bonds. The summed E-state index contributed by atoms with van der Waals surface area (Å²) >= 11 is 0. The van der Waals surface area contributed by atoms with E-state index in [1.165, 1.54) is 16.8 Å². The molecule has 6 heteroatoms. The molecule has 2 aromatic rings. The zero-order chi connectivity index (χ0) is 16.6. The van der Waals surface area contributed by atoms with Crippen molar-refractivity contribution in [3.8, 4) is 0 Å². The van der Waals surface area contributed by atoms with Crippen LogP contribution in [-0.4, -0.2) is 26.1 Å². The van der Waals surface area contributed by atoms with Crippen molar-refractivity contribution in [2.75, 3.05) is 6.54 Å². The topological polar surface area (TPSA) is 64.2 Å². The van der Waals surface area contributed by atoms with Crippen molar-refractivity contribution in [2.24, 2.45) is 0 Å². The first-order chi connectivity index (χ1) is 11.0. The number of aryl methyl sites for hydroxylation is 2. The fourth-order valence-corrected chi connectivity index (χ4v) is 3.34. The molecule has 1 aliphatic rings. The Morgan fingerprint density at radius 1 is 1.30 bits per heavy atom. The summed E-state index contributed by atoms with van der Waals surface area (Å²) in [5, 5.41) is 15.5. The van der Waals surface area contributed by atoms with Crippen LogP contribution in [0.1, 0.15) is 35.0 Å². The van der Waals surface area contributed by atoms with Crippen molar-refractivity contribution in [2.45, 2.75) is 46.8 Å². The molecule has 3 rings (SSSR count). The lowest BCUT2D eigenvalue weighted by molar-refractivity contribution is -0.385. The summed E-state index contributed by atoms with van der Waals surface area (Å²) in [5.41, 5.74) is 6.05. The van der Waals surface area contributed by atoms with Gasteiger partial charge in [-0.1, -0.05) is 6.07 Å². The maximum Gasteiger partial charge on any atom is 0.269 e. The van der Waals surface area contributed by atoms with Gasteiger partial charge in [-0.25, -0.2) is 0 Å². The minimum absolute atomic E-state index is 0.178. The monoisotopic (exact) mass is 314 g/mol. The summed E-state index contributed by atoms with van der Waals surface area (Å²) < 4.78 is 2.04. The number of hydrogen-bond acceptors (Lipinski definition) is 4. The van der Waals surface area contributed by atoms with Crippen molar-refractivity contribution in [1.82, 2.24) is 14.7 Å². The van der Waals surface area contributed by atoms with E-state index in [0.29, 0.717) is 0 Å². The van der Waals surface area contributed by atoms with Crippen LogP contribution in [-0.2, 0) is 26.1 Å². The van der Waals surface area contributed by atoms with E-state index < -0.39 is 0 Å². The van der Waals surface area contributed by atoms with Gasteiger partial charge in [0.25, 0.3) is 5.69 Å². The third-order valence-electron chi connectivity index (χ3n) is 4.70. The molecule has 0 bridgehead atoms. The Kier molecular flexibility index (Phi) is 4.17. The highest BCUT2D eigenvalue weighted by Crippen LogP contribution is 2.26. The Morgan fingerprint density at radius 2 is 2.09 bits per heavy atom. The minimum Gasteiger partial charge on any atom is -0.294 e. The fourth-order valence-electron chi connectivity index (χ4n) is 3.34. The zero-order valence-electron chi connectivity index (χ0n) is 13.9. The fraction of sp³-hybridized carbons (Fsp3) is 0.471. The first-order valence-corrected chi connectivity index (χ1v) is 8.01. The van der Waals surface area contributed by atoms with E-state index in [2.05, 4.69) is 30.8 Å². The van der Waals surface area contributed by atoms with Gasteiger partial charge in [0.15, 0.2) is 0 Å². The molecular weight excluding hydrogens is 292 g/mol. The van der Waals surface area contributed by atoms with Gasteiger partial charge < -0.3 is 0 Å². The number of aromatic nitrogens is 2. The maximum atomic E-state index is 11.0. The second-order valence-corrected chi connectivity index (χ2v) is 6.14. The highest BCUT2D eigenvalue weighted by molar-refractivity contribution is 5.41. The predicted molar refractivity (Wildman–Crippen MR) is 88.3 cm³/mol. The summed E-state index contributed by atoms with van der Waals surface area (Å²) in [5.74, 6) is 0. The Labute approximate surface area is 135 Å². The molecule has 23 heavy (non-hydrogen) atoms. The van der Waals surface area contributed by atoms with Gasteiger partial charge in [-0.2, -0.15) is 5.10 Å². The molecule has 0 fully saturated rings. The number of non-ortho nitro benzene ring substituents is 1. The molecule has 0 spiro atoms. The van der Waals surface area contributed by atoms with Crippen LogP contribution < -0.4 is 0 Å². The van der Waals surface area contributed by atoms with E-state index >= 15 is 0 Å². The van der Waals surface area contributed by atoms with Gasteiger partial charge in [-0.3, -0.25) is 19.7 Å². The molecule has 0 N–H and O–H groups in total. The summed E-state index contributed by atoms with van der Waals surface area (Å²) in [6.07, 6.45) is 0.938. The van der Waals surface area contributed by atoms with Crippen LogP contribution in [0, 0.1) is 24.0 Å². The van der Waals surface area contributed by atoms with Crippen molar-refractivity contribution in [3.63, 3.8) is 0 Å². The highest BCUT2D eigenvalue weighted by Gasteiger charge is 2.21. The number of benzene rings is 1. The van der Waals surface area contributed by atoms with Crippen molar-refractivity contribution in [1.29, 1.82) is 0 Å². The number of nitro benzene ring substituents is 1. The Balaban J connectivity index is 1.81. The number of nitrogens with zero attached hydrogens (tertiary/aromatic N) is 4. The Hall–Kier alpha value is -2.21. The van der Waals surface area contributed by atoms with Crippen LogP contribution in [0.5, 0.6) is 0 Å². The summed E-state index contributed by atoms with van der Waals surface area (Å²) in [7, 11) is 0. The van der Waals surface area contributed by atoms with Gasteiger partial charge in [0.1, 0.15) is 0 Å². The first-order valence-electron chi connectivity index (χ1n) is 8.01. The molecule has 0 atom stereocenters. The molecule has 0 aliphatic carbocycles. The van der Waals surface area contributed by atoms with Crippen molar-refractivity contribution >= 4 is 5.69 Å². The molecule has 1 aromatic carbocycles. The first kappa shape index (κ1) is 15.7. The lowest BCUT2D eigenvalue weighted by Crippen LogP contribution is -2.30. The molecule has 0 saturated heterocycles. The largest absolute Gasteiger partial charge is 0.294 e. The zero-order valence-corrected chi connectivity index (χ0v) is 13.9. The number of fused-ring (bicyclic) bond motifs is 1. The molecular formula is C17H22N4O2. The molecule has 0 saturated carbocycles. The van der Waals surface area contributed by atoms with E-state index in [0.717, 1.165) is 43.9 Å². The van der Waals surface area contributed by atoms with Gasteiger partial charge in [0.05, 0.1) is 10.6 Å². The van der Waals surface area contributed by atoms with E-state index in [1.54, 1.807) is 12.1 Å². The number of rotatable bonds is 4. The predicted octanol–water partition coefficient (Wildman–Crippen LogP) is 2.99. The normalized spacial score (nSPS) is 14.7. The molecule has 1 aromatic heterocycles. The third-order valence-corrected chi connectivity index (χ3v) is 4.70. The lowest BCUT2D eigenvalue weighted by atomic mass is 9.98. The average molecular weight is 314 g/mol. The quantitative estimate of drug-likeness (QED) is 0.643. The van der Waals surface area contributed by atoms with Crippen LogP contribution in [0.25, 0.3) is 0 Å². The molecule has 0 unspecified atom stereocenters. The highest BCUT2D eigenvalue weighted by atomic mass is 16.6. The maximum absolute atomic E-state index is 11.0. The standard InChI is InChI=1S/C17H22N4O2/c1-4-20-13(3)17(12(2)18-20)11-19-8-7-14-5-6-16(21(22)23)9-15(14)10-19/h5-6,9H,4,7-8,10-11H2,1-3H3. The van der Waals surface area contributed by atoms with E-state index in [1.807, 2.05) is 10.7 Å². The van der Waals surface area contributed by atoms with Gasteiger partial charge in [0.2, 0.25) is 0 Å². The van der Waals surface area contributed by atoms with Gasteiger partial charge in [-0.05, 0) is 38.3 Å². The van der Waals surface area contributed by atoms with Crippen molar-refractivity contribution in [3.05, 3.63) is 56.4 Å². The average Bonchev–Trinajstić information content (AvgIpc) is 2.81. The van der Waals surface area contributed by atoms with E-state index in [9.17, 15) is 10.1 Å². The lowest BCUT2D eigenvalue weighted by Gasteiger charge is -2.28. The molecule has 0 radical (unpaired) electrons. The molecule has 1 aliphatic heterocycles. The minimum atomic E-state index is -0.321. The summed E-state index contributed by atoms with van der Waals surface area (Å²) in [6, 6.07) is 5.22. The van der Waals surface area contributed by atoms with Crippen LogP contribution in [0.15, 0.2) is 18.2 Å².